The van der Waals surface area contributed by atoms with Gasteiger partial charge in [0.2, 0.25) is 0 Å². The Labute approximate surface area is 303 Å². The summed E-state index contributed by atoms with van der Waals surface area (Å²) in [4.78, 5) is 1.69. The number of thiophene rings is 1. The van der Waals surface area contributed by atoms with E-state index in [2.05, 4.69) is 0 Å². The number of hydrogen-bond acceptors (Lipinski definition) is 3. The van der Waals surface area contributed by atoms with Gasteiger partial charge in [-0.2, -0.15) is 0 Å². The predicted molar refractivity (Wildman–Crippen MR) is 210 cm³/mol. The summed E-state index contributed by atoms with van der Waals surface area (Å²) in [5.74, 6) is 0. The Morgan fingerprint density at radius 2 is 1.29 bits per heavy atom. The van der Waals surface area contributed by atoms with Crippen molar-refractivity contribution in [1.82, 2.24) is 0 Å². The number of fused-ring (bicyclic) bond motifs is 8. The molecule has 0 amide bonds. The fraction of sp³-hybridized carbons (Fsp3) is 0. The minimum atomic E-state index is -0.572. The number of anilines is 3. The summed E-state index contributed by atoms with van der Waals surface area (Å²) < 4.78 is 106. The number of furan rings is 1. The van der Waals surface area contributed by atoms with Crippen molar-refractivity contribution in [2.75, 3.05) is 4.90 Å². The third kappa shape index (κ3) is 4.55. The molecule has 2 aromatic heterocycles. The zero-order chi connectivity index (χ0) is 41.9. The van der Waals surface area contributed by atoms with Crippen LogP contribution in [0.2, 0.25) is 0 Å². The van der Waals surface area contributed by atoms with Crippen molar-refractivity contribution < 1.29 is 19.5 Å². The van der Waals surface area contributed by atoms with E-state index < -0.39 is 60.4 Å². The molecule has 0 bridgehead atoms. The minimum absolute atomic E-state index is 0.00552. The number of benzene rings is 8. The van der Waals surface area contributed by atoms with Crippen LogP contribution in [0, 0.1) is 0 Å². The Morgan fingerprint density at radius 1 is 0.510 bits per heavy atom. The molecule has 0 saturated carbocycles. The van der Waals surface area contributed by atoms with E-state index in [4.69, 9.17) is 14.0 Å². The van der Waals surface area contributed by atoms with Crippen molar-refractivity contribution in [3.05, 3.63) is 176 Å². The molecule has 0 atom stereocenters. The lowest BCUT2D eigenvalue weighted by Gasteiger charge is -2.26. The van der Waals surface area contributed by atoms with Crippen molar-refractivity contribution in [1.29, 1.82) is 0 Å². The molecule has 0 aliphatic carbocycles. The van der Waals surface area contributed by atoms with Crippen LogP contribution in [0.25, 0.3) is 75.1 Å². The quantitative estimate of drug-likeness (QED) is 0.184. The summed E-state index contributed by atoms with van der Waals surface area (Å²) in [5, 5.41) is 3.37. The molecular formula is C46H29NOS. The van der Waals surface area contributed by atoms with Gasteiger partial charge in [0.25, 0.3) is 0 Å². The lowest BCUT2D eigenvalue weighted by atomic mass is 10.0. The van der Waals surface area contributed by atoms with E-state index in [0.29, 0.717) is 27.9 Å². The van der Waals surface area contributed by atoms with Gasteiger partial charge in [-0.15, -0.1) is 11.3 Å². The van der Waals surface area contributed by atoms with Gasteiger partial charge in [-0.3, -0.25) is 0 Å². The molecule has 0 saturated heterocycles. The molecule has 0 radical (unpaired) electrons. The maximum Gasteiger partial charge on any atom is 0.143 e. The van der Waals surface area contributed by atoms with Crippen molar-refractivity contribution >= 4 is 81.3 Å². The van der Waals surface area contributed by atoms with Gasteiger partial charge in [0.15, 0.2) is 0 Å². The Kier molecular flexibility index (Phi) is 4.35. The molecule has 10 aromatic rings. The van der Waals surface area contributed by atoms with Gasteiger partial charge < -0.3 is 9.32 Å². The lowest BCUT2D eigenvalue weighted by Crippen LogP contribution is -2.10. The summed E-state index contributed by atoms with van der Waals surface area (Å²) in [5.41, 5.74) is 3.68. The van der Waals surface area contributed by atoms with E-state index in [1.54, 1.807) is 4.90 Å². The second-order valence-electron chi connectivity index (χ2n) is 11.6. The van der Waals surface area contributed by atoms with Crippen LogP contribution >= 0.6 is 11.3 Å². The molecule has 230 valence electrons. The molecule has 0 fully saturated rings. The largest absolute Gasteiger partial charge is 0.455 e. The molecule has 2 nitrogen and oxygen atoms in total. The van der Waals surface area contributed by atoms with Crippen molar-refractivity contribution in [2.45, 2.75) is 0 Å². The highest BCUT2D eigenvalue weighted by molar-refractivity contribution is 7.26. The van der Waals surface area contributed by atoms with Crippen LogP contribution in [0.15, 0.2) is 180 Å². The zero-order valence-corrected chi connectivity index (χ0v) is 26.5. The second-order valence-corrected chi connectivity index (χ2v) is 12.7. The fourth-order valence-electron chi connectivity index (χ4n) is 6.59. The Hall–Kier alpha value is -6.16. The SMILES string of the molecule is [2H]c1c([2H])c(N(c2ccc(-c3ccccc3)cc2)c2cccc3oc4c5ccccc5ccc4c23)c([2H])c([2H])c1-c1c([2H])c([2H])c([2H])c2c1sc1c([2H])c([2H])c([2H])c([2H])c12. The number of rotatable bonds is 5. The predicted octanol–water partition coefficient (Wildman–Crippen LogP) is 13.9. The maximum absolute atomic E-state index is 9.67. The molecule has 8 aromatic carbocycles. The fourth-order valence-corrected chi connectivity index (χ4v) is 7.66. The van der Waals surface area contributed by atoms with E-state index in [9.17, 15) is 5.48 Å². The average molecular weight is 655 g/mol. The van der Waals surface area contributed by atoms with Gasteiger partial charge >= 0.3 is 0 Å². The van der Waals surface area contributed by atoms with E-state index in [1.165, 1.54) is 0 Å². The van der Waals surface area contributed by atoms with Gasteiger partial charge in [0, 0.05) is 42.3 Å². The van der Waals surface area contributed by atoms with Crippen LogP contribution in [0.5, 0.6) is 0 Å². The van der Waals surface area contributed by atoms with E-state index in [0.717, 1.165) is 38.6 Å². The summed E-state index contributed by atoms with van der Waals surface area (Å²) in [6, 6.07) is 29.6. The molecule has 0 N–H and O–H groups in total. The highest BCUT2D eigenvalue weighted by atomic mass is 32.1. The molecule has 0 aliphatic heterocycles. The highest BCUT2D eigenvalue weighted by Gasteiger charge is 2.21. The normalized spacial score (nSPS) is 14.8. The molecule has 49 heavy (non-hydrogen) atoms. The first-order valence-corrected chi connectivity index (χ1v) is 16.5. The van der Waals surface area contributed by atoms with Crippen molar-refractivity contribution in [3.8, 4) is 22.3 Å². The lowest BCUT2D eigenvalue weighted by molar-refractivity contribution is 0.672. The number of hydrogen-bond donors (Lipinski definition) is 0. The third-order valence-electron chi connectivity index (χ3n) is 8.86. The van der Waals surface area contributed by atoms with Crippen molar-refractivity contribution in [3.63, 3.8) is 0 Å². The highest BCUT2D eigenvalue weighted by Crippen LogP contribution is 2.45. The first-order valence-electron chi connectivity index (χ1n) is 21.2. The van der Waals surface area contributed by atoms with Gasteiger partial charge in [-0.1, -0.05) is 127 Å². The van der Waals surface area contributed by atoms with E-state index in [-0.39, 0.29) is 43.0 Å². The van der Waals surface area contributed by atoms with Crippen LogP contribution in [-0.2, 0) is 0 Å². The van der Waals surface area contributed by atoms with Crippen LogP contribution < -0.4 is 4.90 Å². The van der Waals surface area contributed by atoms with E-state index in [1.807, 2.05) is 109 Å². The first-order chi connectivity index (χ1) is 28.9. The first kappa shape index (κ1) is 19.0. The molecule has 0 aliphatic rings. The second kappa shape index (κ2) is 11.2. The Balaban J connectivity index is 1.27. The molecular weight excluding hydrogens is 615 g/mol. The smallest absolute Gasteiger partial charge is 0.143 e. The van der Waals surface area contributed by atoms with Gasteiger partial charge in [-0.25, -0.2) is 0 Å². The molecule has 0 spiro atoms. The minimum Gasteiger partial charge on any atom is -0.455 e. The molecule has 10 rings (SSSR count). The van der Waals surface area contributed by atoms with Crippen LogP contribution in [0.4, 0.5) is 17.1 Å². The van der Waals surface area contributed by atoms with Gasteiger partial charge in [0.05, 0.1) is 26.2 Å². The molecule has 2 heterocycles. The van der Waals surface area contributed by atoms with Gasteiger partial charge in [0.1, 0.15) is 11.2 Å². The van der Waals surface area contributed by atoms with Crippen LogP contribution in [0.3, 0.4) is 0 Å². The number of nitrogens with zero attached hydrogens (tertiary/aromatic N) is 1. The standard InChI is InChI=1S/C46H29NOS/c1-2-10-30(11-3-1)31-20-25-34(26-21-31)47(41-17-9-18-42-44(41)40-29-24-32-12-4-5-13-36(32)45(40)48-42)35-27-22-33(23-28-35)37-15-8-16-39-38-14-6-7-19-43(38)49-46(37)39/h1-29H/i6D,7D,8D,14D,15D,16D,19D,22D,23D,27D,28D. The maximum atomic E-state index is 9.67. The Morgan fingerprint density at radius 3 is 2.16 bits per heavy atom. The van der Waals surface area contributed by atoms with Crippen LogP contribution in [0.1, 0.15) is 15.1 Å². The molecule has 3 heteroatoms. The van der Waals surface area contributed by atoms with Crippen molar-refractivity contribution in [2.24, 2.45) is 0 Å². The van der Waals surface area contributed by atoms with Gasteiger partial charge in [-0.05, 0) is 76.1 Å². The summed E-state index contributed by atoms with van der Waals surface area (Å²) in [7, 11) is 0. The Bertz CT molecular complexity index is 3430. The third-order valence-corrected chi connectivity index (χ3v) is 9.98. The van der Waals surface area contributed by atoms with Crippen LogP contribution in [-0.4, -0.2) is 0 Å². The zero-order valence-electron chi connectivity index (χ0n) is 36.7. The summed E-state index contributed by atoms with van der Waals surface area (Å²) in [6.07, 6.45) is 0. The van der Waals surface area contributed by atoms with E-state index >= 15 is 0 Å². The average Bonchev–Trinajstić information content (AvgIpc) is 3.87. The summed E-state index contributed by atoms with van der Waals surface area (Å²) >= 11 is 0.877. The monoisotopic (exact) mass is 654 g/mol. The topological polar surface area (TPSA) is 16.4 Å². The molecule has 0 unspecified atom stereocenters. The summed E-state index contributed by atoms with van der Waals surface area (Å²) in [6.45, 7) is 0.